The van der Waals surface area contributed by atoms with E-state index in [9.17, 15) is 9.59 Å². The van der Waals surface area contributed by atoms with Crippen LogP contribution in [0.2, 0.25) is 0 Å². The molecule has 1 aliphatic carbocycles. The Hall–Kier alpha value is -2.18. The molecule has 0 unspecified atom stereocenters. The van der Waals surface area contributed by atoms with E-state index in [4.69, 9.17) is 0 Å². The second kappa shape index (κ2) is 8.08. The predicted molar refractivity (Wildman–Crippen MR) is 90.5 cm³/mol. The van der Waals surface area contributed by atoms with Gasteiger partial charge >= 0.3 is 11.8 Å². The molecule has 1 saturated heterocycles. The Kier molecular flexibility index (Phi) is 5.61. The van der Waals surface area contributed by atoms with E-state index in [-0.39, 0.29) is 6.04 Å². The summed E-state index contributed by atoms with van der Waals surface area (Å²) in [5.41, 5.74) is 0. The largest absolute Gasteiger partial charge is 0.345 e. The molecule has 24 heavy (non-hydrogen) atoms. The molecule has 2 amide bonds. The number of anilines is 1. The number of carbonyl (C=O) groups excluding carboxylic acids is 2. The van der Waals surface area contributed by atoms with Crippen molar-refractivity contribution in [2.45, 2.75) is 44.6 Å². The van der Waals surface area contributed by atoms with E-state index in [2.05, 4.69) is 15.3 Å². The third-order valence-corrected chi connectivity index (χ3v) is 4.79. The minimum atomic E-state index is -0.452. The van der Waals surface area contributed by atoms with Crippen molar-refractivity contribution in [3.63, 3.8) is 0 Å². The van der Waals surface area contributed by atoms with Crippen LogP contribution in [0.3, 0.4) is 0 Å². The molecule has 3 rings (SSSR count). The van der Waals surface area contributed by atoms with Gasteiger partial charge in [0, 0.05) is 44.6 Å². The molecule has 1 saturated carbocycles. The Morgan fingerprint density at radius 2 is 1.58 bits per heavy atom. The summed E-state index contributed by atoms with van der Waals surface area (Å²) in [4.78, 5) is 36.7. The first-order valence-electron chi connectivity index (χ1n) is 8.86. The van der Waals surface area contributed by atoms with Crippen LogP contribution < -0.4 is 10.2 Å². The maximum absolute atomic E-state index is 12.4. The van der Waals surface area contributed by atoms with Crippen molar-refractivity contribution in [3.05, 3.63) is 18.5 Å². The number of piperazine rings is 1. The Balaban J connectivity index is 1.48. The van der Waals surface area contributed by atoms with E-state index in [0.717, 1.165) is 25.7 Å². The monoisotopic (exact) mass is 331 g/mol. The molecule has 0 radical (unpaired) electrons. The second-order valence-corrected chi connectivity index (χ2v) is 6.49. The van der Waals surface area contributed by atoms with Gasteiger partial charge in [0.1, 0.15) is 0 Å². The van der Waals surface area contributed by atoms with Gasteiger partial charge in [0.15, 0.2) is 0 Å². The maximum atomic E-state index is 12.4. The van der Waals surface area contributed by atoms with Crippen molar-refractivity contribution >= 4 is 17.8 Å². The van der Waals surface area contributed by atoms with Gasteiger partial charge < -0.3 is 15.1 Å². The molecule has 7 heteroatoms. The first kappa shape index (κ1) is 16.7. The number of amides is 2. The zero-order valence-electron chi connectivity index (χ0n) is 14.0. The highest BCUT2D eigenvalue weighted by Crippen LogP contribution is 2.17. The van der Waals surface area contributed by atoms with Crippen molar-refractivity contribution in [1.29, 1.82) is 0 Å². The standard InChI is InChI=1S/C17H25N5O2/c23-15(20-14-6-3-1-2-4-7-14)16(24)21-10-12-22(13-11-21)17-18-8-5-9-19-17/h5,8-9,14H,1-4,6-7,10-13H2,(H,20,23). The molecule has 130 valence electrons. The lowest BCUT2D eigenvalue weighted by Gasteiger charge is -2.34. The van der Waals surface area contributed by atoms with Gasteiger partial charge in [-0.15, -0.1) is 0 Å². The highest BCUT2D eigenvalue weighted by Gasteiger charge is 2.28. The molecule has 1 aromatic heterocycles. The Morgan fingerprint density at radius 3 is 2.21 bits per heavy atom. The van der Waals surface area contributed by atoms with Crippen LogP contribution in [-0.2, 0) is 9.59 Å². The quantitative estimate of drug-likeness (QED) is 0.645. The molecule has 1 N–H and O–H groups in total. The molecule has 2 fully saturated rings. The summed E-state index contributed by atoms with van der Waals surface area (Å²) in [6, 6.07) is 1.93. The number of hydrogen-bond acceptors (Lipinski definition) is 5. The number of hydrogen-bond donors (Lipinski definition) is 1. The highest BCUT2D eigenvalue weighted by molar-refractivity contribution is 6.35. The van der Waals surface area contributed by atoms with Crippen molar-refractivity contribution in [2.24, 2.45) is 0 Å². The van der Waals surface area contributed by atoms with Crippen LogP contribution in [0, 0.1) is 0 Å². The van der Waals surface area contributed by atoms with Crippen LogP contribution in [0.15, 0.2) is 18.5 Å². The Bertz CT molecular complexity index is 549. The summed E-state index contributed by atoms with van der Waals surface area (Å²) in [6.07, 6.45) is 10.1. The summed E-state index contributed by atoms with van der Waals surface area (Å²) < 4.78 is 0. The SMILES string of the molecule is O=C(NC1CCCCCC1)C(=O)N1CCN(c2ncccn2)CC1. The lowest BCUT2D eigenvalue weighted by Crippen LogP contribution is -2.54. The smallest absolute Gasteiger partial charge is 0.312 e. The van der Waals surface area contributed by atoms with Crippen LogP contribution in [0.1, 0.15) is 38.5 Å². The van der Waals surface area contributed by atoms with Crippen LogP contribution in [0.4, 0.5) is 5.95 Å². The van der Waals surface area contributed by atoms with E-state index >= 15 is 0 Å². The zero-order valence-corrected chi connectivity index (χ0v) is 14.0. The molecule has 1 aliphatic heterocycles. The van der Waals surface area contributed by atoms with Crippen molar-refractivity contribution in [2.75, 3.05) is 31.1 Å². The van der Waals surface area contributed by atoms with Gasteiger partial charge in [-0.3, -0.25) is 9.59 Å². The summed E-state index contributed by atoms with van der Waals surface area (Å²) in [5.74, 6) is -0.188. The first-order chi connectivity index (χ1) is 11.7. The normalized spacial score (nSPS) is 19.7. The fourth-order valence-corrected chi connectivity index (χ4v) is 3.38. The molecule has 1 aromatic rings. The number of carbonyl (C=O) groups is 2. The molecular formula is C17H25N5O2. The van der Waals surface area contributed by atoms with Gasteiger partial charge in [0.25, 0.3) is 0 Å². The number of nitrogens with zero attached hydrogens (tertiary/aromatic N) is 4. The zero-order chi connectivity index (χ0) is 16.8. The molecule has 0 bridgehead atoms. The van der Waals surface area contributed by atoms with Crippen LogP contribution in [0.5, 0.6) is 0 Å². The van der Waals surface area contributed by atoms with Crippen molar-refractivity contribution < 1.29 is 9.59 Å². The number of rotatable bonds is 2. The molecule has 7 nitrogen and oxygen atoms in total. The molecule has 2 heterocycles. The minimum Gasteiger partial charge on any atom is -0.345 e. The summed E-state index contributed by atoms with van der Waals surface area (Å²) in [7, 11) is 0. The van der Waals surface area contributed by atoms with Gasteiger partial charge in [-0.2, -0.15) is 0 Å². The maximum Gasteiger partial charge on any atom is 0.312 e. The van der Waals surface area contributed by atoms with Crippen molar-refractivity contribution in [3.8, 4) is 0 Å². The third-order valence-electron chi connectivity index (χ3n) is 4.79. The average Bonchev–Trinajstić information content (AvgIpc) is 2.90. The van der Waals surface area contributed by atoms with Gasteiger partial charge in [0.05, 0.1) is 0 Å². The summed E-state index contributed by atoms with van der Waals surface area (Å²) in [5, 5.41) is 2.93. The van der Waals surface area contributed by atoms with E-state index in [0.29, 0.717) is 32.1 Å². The Morgan fingerprint density at radius 1 is 0.958 bits per heavy atom. The number of nitrogens with one attached hydrogen (secondary N) is 1. The Labute approximate surface area is 142 Å². The first-order valence-corrected chi connectivity index (χ1v) is 8.86. The van der Waals surface area contributed by atoms with Crippen molar-refractivity contribution in [1.82, 2.24) is 20.2 Å². The lowest BCUT2D eigenvalue weighted by molar-refractivity contribution is -0.146. The third kappa shape index (κ3) is 4.21. The molecule has 2 aliphatic rings. The molecule has 0 spiro atoms. The van der Waals surface area contributed by atoms with E-state index in [1.165, 1.54) is 12.8 Å². The predicted octanol–water partition coefficient (Wildman–Crippen LogP) is 0.964. The minimum absolute atomic E-state index is 0.156. The van der Waals surface area contributed by atoms with Crippen LogP contribution in [0.25, 0.3) is 0 Å². The second-order valence-electron chi connectivity index (χ2n) is 6.49. The highest BCUT2D eigenvalue weighted by atomic mass is 16.2. The summed E-state index contributed by atoms with van der Waals surface area (Å²) in [6.45, 7) is 2.34. The van der Waals surface area contributed by atoms with E-state index in [1.54, 1.807) is 23.4 Å². The van der Waals surface area contributed by atoms with Gasteiger partial charge in [0.2, 0.25) is 5.95 Å². The fraction of sp³-hybridized carbons (Fsp3) is 0.647. The van der Waals surface area contributed by atoms with Gasteiger partial charge in [-0.05, 0) is 18.9 Å². The van der Waals surface area contributed by atoms with Crippen LogP contribution >= 0.6 is 0 Å². The average molecular weight is 331 g/mol. The van der Waals surface area contributed by atoms with E-state index < -0.39 is 11.8 Å². The molecular weight excluding hydrogens is 306 g/mol. The molecule has 0 atom stereocenters. The summed E-state index contributed by atoms with van der Waals surface area (Å²) >= 11 is 0. The fourth-order valence-electron chi connectivity index (χ4n) is 3.38. The van der Waals surface area contributed by atoms with E-state index in [1.807, 2.05) is 4.90 Å². The van der Waals surface area contributed by atoms with Crippen LogP contribution in [-0.4, -0.2) is 58.9 Å². The topological polar surface area (TPSA) is 78.4 Å². The lowest BCUT2D eigenvalue weighted by atomic mass is 10.1. The number of aromatic nitrogens is 2. The van der Waals surface area contributed by atoms with Gasteiger partial charge in [-0.25, -0.2) is 9.97 Å². The van der Waals surface area contributed by atoms with Gasteiger partial charge in [-0.1, -0.05) is 25.7 Å². The molecule has 0 aromatic carbocycles.